The van der Waals surface area contributed by atoms with Crippen molar-refractivity contribution in [2.24, 2.45) is 0 Å². The van der Waals surface area contributed by atoms with Crippen molar-refractivity contribution in [2.45, 2.75) is 49.7 Å². The topological polar surface area (TPSA) is 80.4 Å². The Balaban J connectivity index is 2.82. The molecule has 0 aliphatic carbocycles. The van der Waals surface area contributed by atoms with Crippen LogP contribution in [0, 0.1) is 10.1 Å². The van der Waals surface area contributed by atoms with Crippen LogP contribution in [0.15, 0.2) is 23.1 Å². The van der Waals surface area contributed by atoms with E-state index < -0.39 is 10.9 Å². The van der Waals surface area contributed by atoms with Crippen LogP contribution in [0.1, 0.15) is 49.9 Å². The van der Waals surface area contributed by atoms with Crippen LogP contribution < -0.4 is 0 Å². The minimum atomic E-state index is -1.27. The molecular weight excluding hydrogens is 310 g/mol. The first kappa shape index (κ1) is 17.8. The van der Waals surface area contributed by atoms with Gasteiger partial charge in [-0.25, -0.2) is 4.79 Å². The third kappa shape index (κ3) is 5.59. The van der Waals surface area contributed by atoms with E-state index in [0.29, 0.717) is 5.25 Å². The van der Waals surface area contributed by atoms with Gasteiger partial charge in [-0.2, -0.15) is 0 Å². The molecule has 0 aliphatic rings. The number of nitro groups is 1. The van der Waals surface area contributed by atoms with Gasteiger partial charge < -0.3 is 5.11 Å². The Bertz CT molecular complexity index is 502. The quantitative estimate of drug-likeness (QED) is 0.390. The number of nitro benzene ring substituents is 1. The standard InChI is InChI=1S/C14H19NO4S2/c1-3-5-10(6-4-2)20-21-11-7-8-13(15(18)19)12(9-11)14(16)17/h7-10H,3-6H2,1-2H3,(H,16,17). The molecule has 0 unspecified atom stereocenters. The number of carbonyl (C=O) groups is 1. The number of rotatable bonds is 9. The lowest BCUT2D eigenvalue weighted by Gasteiger charge is -2.13. The first-order valence-corrected chi connectivity index (χ1v) is 9.05. The summed E-state index contributed by atoms with van der Waals surface area (Å²) in [6.45, 7) is 4.28. The fourth-order valence-corrected chi connectivity index (χ4v) is 4.74. The van der Waals surface area contributed by atoms with Gasteiger partial charge in [0.2, 0.25) is 0 Å². The highest BCUT2D eigenvalue weighted by atomic mass is 33.1. The summed E-state index contributed by atoms with van der Waals surface area (Å²) >= 11 is 0. The van der Waals surface area contributed by atoms with Gasteiger partial charge in [-0.05, 0) is 25.0 Å². The van der Waals surface area contributed by atoms with Crippen LogP contribution in [0.4, 0.5) is 5.69 Å². The van der Waals surface area contributed by atoms with Crippen molar-refractivity contribution in [2.75, 3.05) is 0 Å². The van der Waals surface area contributed by atoms with Gasteiger partial charge >= 0.3 is 5.97 Å². The molecule has 7 heteroatoms. The van der Waals surface area contributed by atoms with E-state index in [-0.39, 0.29) is 11.3 Å². The number of carboxylic acids is 1. The Morgan fingerprint density at radius 2 is 1.95 bits per heavy atom. The van der Waals surface area contributed by atoms with E-state index in [1.165, 1.54) is 22.9 Å². The summed E-state index contributed by atoms with van der Waals surface area (Å²) in [6, 6.07) is 4.26. The maximum Gasteiger partial charge on any atom is 0.342 e. The summed E-state index contributed by atoms with van der Waals surface area (Å²) in [5.74, 6) is -1.27. The first-order valence-electron chi connectivity index (χ1n) is 6.84. The number of hydrogen-bond donors (Lipinski definition) is 1. The molecule has 1 rings (SSSR count). The molecule has 0 aliphatic heterocycles. The number of aromatic carboxylic acids is 1. The Morgan fingerprint density at radius 1 is 1.33 bits per heavy atom. The van der Waals surface area contributed by atoms with E-state index in [1.807, 2.05) is 0 Å². The molecule has 0 radical (unpaired) electrons. The molecule has 0 bridgehead atoms. The number of nitrogens with zero attached hydrogens (tertiary/aromatic N) is 1. The minimum absolute atomic E-state index is 0.256. The van der Waals surface area contributed by atoms with E-state index in [2.05, 4.69) is 13.8 Å². The van der Waals surface area contributed by atoms with Crippen molar-refractivity contribution in [3.63, 3.8) is 0 Å². The van der Waals surface area contributed by atoms with Crippen molar-refractivity contribution in [1.29, 1.82) is 0 Å². The predicted molar refractivity (Wildman–Crippen MR) is 87.1 cm³/mol. The number of carboxylic acid groups (broad SMARTS) is 1. The van der Waals surface area contributed by atoms with E-state index in [4.69, 9.17) is 5.11 Å². The Kier molecular flexibility index (Phi) is 7.60. The van der Waals surface area contributed by atoms with Crippen LogP contribution in [-0.4, -0.2) is 21.2 Å². The predicted octanol–water partition coefficient (Wildman–Crippen LogP) is 5.00. The maximum atomic E-state index is 11.1. The highest BCUT2D eigenvalue weighted by Crippen LogP contribution is 2.39. The fraction of sp³-hybridized carbons (Fsp3) is 0.500. The van der Waals surface area contributed by atoms with Crippen LogP contribution in [0.2, 0.25) is 0 Å². The molecule has 0 spiro atoms. The summed E-state index contributed by atoms with van der Waals surface area (Å²) in [5.41, 5.74) is -0.622. The molecule has 0 fully saturated rings. The molecule has 1 N–H and O–H groups in total. The van der Waals surface area contributed by atoms with Crippen molar-refractivity contribution in [1.82, 2.24) is 0 Å². The molecule has 0 heterocycles. The van der Waals surface area contributed by atoms with Crippen molar-refractivity contribution in [3.8, 4) is 0 Å². The zero-order valence-corrected chi connectivity index (χ0v) is 13.7. The molecule has 5 nitrogen and oxygen atoms in total. The lowest BCUT2D eigenvalue weighted by atomic mass is 10.2. The van der Waals surface area contributed by atoms with Gasteiger partial charge in [0.05, 0.1) is 4.92 Å². The second-order valence-electron chi connectivity index (χ2n) is 4.62. The fourth-order valence-electron chi connectivity index (χ4n) is 1.91. The highest BCUT2D eigenvalue weighted by Gasteiger charge is 2.20. The molecule has 1 aromatic rings. The summed E-state index contributed by atoms with van der Waals surface area (Å²) in [7, 11) is 3.20. The van der Waals surface area contributed by atoms with Gasteiger partial charge in [0.15, 0.2) is 0 Å². The largest absolute Gasteiger partial charge is 0.477 e. The molecule has 1 aromatic carbocycles. The monoisotopic (exact) mass is 329 g/mol. The van der Waals surface area contributed by atoms with Gasteiger partial charge in [-0.1, -0.05) is 48.3 Å². The second kappa shape index (κ2) is 8.94. The summed E-state index contributed by atoms with van der Waals surface area (Å²) in [4.78, 5) is 22.0. The molecule has 0 saturated heterocycles. The van der Waals surface area contributed by atoms with Gasteiger partial charge in [-0.15, -0.1) is 0 Å². The Hall–Kier alpha value is -1.21. The zero-order valence-electron chi connectivity index (χ0n) is 12.1. The average molecular weight is 329 g/mol. The van der Waals surface area contributed by atoms with Crippen molar-refractivity contribution < 1.29 is 14.8 Å². The lowest BCUT2D eigenvalue weighted by Crippen LogP contribution is -2.03. The zero-order chi connectivity index (χ0) is 15.8. The lowest BCUT2D eigenvalue weighted by molar-refractivity contribution is -0.385. The summed E-state index contributed by atoms with van der Waals surface area (Å²) in [6.07, 6.45) is 4.45. The van der Waals surface area contributed by atoms with E-state index >= 15 is 0 Å². The van der Waals surface area contributed by atoms with Crippen LogP contribution in [0.3, 0.4) is 0 Å². The van der Waals surface area contributed by atoms with Gasteiger partial charge in [0.25, 0.3) is 5.69 Å². The third-order valence-corrected chi connectivity index (χ3v) is 5.87. The molecule has 116 valence electrons. The Morgan fingerprint density at radius 3 is 2.43 bits per heavy atom. The maximum absolute atomic E-state index is 11.1. The molecular formula is C14H19NO4S2. The normalized spacial score (nSPS) is 10.8. The molecule has 0 saturated carbocycles. The molecule has 0 atom stereocenters. The number of benzene rings is 1. The first-order chi connectivity index (χ1) is 9.99. The Labute approximate surface area is 132 Å². The van der Waals surface area contributed by atoms with Crippen molar-refractivity contribution in [3.05, 3.63) is 33.9 Å². The van der Waals surface area contributed by atoms with E-state index in [9.17, 15) is 14.9 Å². The summed E-state index contributed by atoms with van der Waals surface area (Å²) in [5, 5.41) is 20.4. The number of hydrogen-bond acceptors (Lipinski definition) is 5. The highest BCUT2D eigenvalue weighted by molar-refractivity contribution is 8.76. The molecule has 0 amide bonds. The minimum Gasteiger partial charge on any atom is -0.477 e. The van der Waals surface area contributed by atoms with Crippen LogP contribution in [0.25, 0.3) is 0 Å². The smallest absolute Gasteiger partial charge is 0.342 e. The third-order valence-electron chi connectivity index (χ3n) is 2.90. The molecule has 21 heavy (non-hydrogen) atoms. The van der Waals surface area contributed by atoms with Gasteiger partial charge in [-0.3, -0.25) is 10.1 Å². The second-order valence-corrected chi connectivity index (χ2v) is 7.19. The van der Waals surface area contributed by atoms with Gasteiger partial charge in [0, 0.05) is 16.2 Å². The van der Waals surface area contributed by atoms with Crippen LogP contribution in [0.5, 0.6) is 0 Å². The van der Waals surface area contributed by atoms with Gasteiger partial charge in [0.1, 0.15) is 5.56 Å². The van der Waals surface area contributed by atoms with Crippen LogP contribution in [-0.2, 0) is 0 Å². The van der Waals surface area contributed by atoms with Crippen LogP contribution >= 0.6 is 21.6 Å². The molecule has 0 aromatic heterocycles. The van der Waals surface area contributed by atoms with Crippen molar-refractivity contribution >= 4 is 33.2 Å². The van der Waals surface area contributed by atoms with E-state index in [0.717, 1.165) is 30.6 Å². The summed E-state index contributed by atoms with van der Waals surface area (Å²) < 4.78 is 0. The van der Waals surface area contributed by atoms with E-state index in [1.54, 1.807) is 16.9 Å². The average Bonchev–Trinajstić information content (AvgIpc) is 2.44. The SMILES string of the molecule is CCCC(CCC)SSc1ccc([N+](=O)[O-])c(C(=O)O)c1.